The molecular weight excluding hydrogens is 458 g/mol. The van der Waals surface area contributed by atoms with Crippen molar-refractivity contribution in [2.45, 2.75) is 6.04 Å². The number of carbonyl (C=O) groups excluding carboxylic acids is 2. The number of hydrogen-bond donors (Lipinski definition) is 1. The first-order valence-electron chi connectivity index (χ1n) is 10.6. The van der Waals surface area contributed by atoms with Crippen molar-refractivity contribution < 1.29 is 33.6 Å². The van der Waals surface area contributed by atoms with Gasteiger partial charge in [-0.1, -0.05) is 6.07 Å². The predicted octanol–water partition coefficient (Wildman–Crippen LogP) is 3.99. The Morgan fingerprint density at radius 1 is 1.09 bits per heavy atom. The molecule has 9 heteroatoms. The number of fused-ring (bicyclic) bond motifs is 1. The minimum atomic E-state index is -0.738. The van der Waals surface area contributed by atoms with E-state index in [1.807, 2.05) is 17.5 Å². The van der Waals surface area contributed by atoms with Crippen LogP contribution in [0.15, 0.2) is 65.6 Å². The number of thiophene rings is 1. The number of ether oxygens (including phenoxy) is 4. The molecule has 8 nitrogen and oxygen atoms in total. The van der Waals surface area contributed by atoms with Crippen LogP contribution in [-0.4, -0.2) is 48.8 Å². The van der Waals surface area contributed by atoms with Crippen LogP contribution in [-0.2, 0) is 9.59 Å². The van der Waals surface area contributed by atoms with E-state index in [0.717, 1.165) is 4.88 Å². The largest absolute Gasteiger partial charge is 0.507 e. The number of hydrogen-bond acceptors (Lipinski definition) is 8. The van der Waals surface area contributed by atoms with Crippen LogP contribution in [0.4, 0.5) is 0 Å². The molecule has 3 heterocycles. The third-order valence-corrected chi connectivity index (χ3v) is 6.58. The average Bonchev–Trinajstić information content (AvgIpc) is 3.60. The minimum Gasteiger partial charge on any atom is -0.507 e. The molecule has 2 aliphatic rings. The maximum Gasteiger partial charge on any atom is 0.295 e. The van der Waals surface area contributed by atoms with Crippen molar-refractivity contribution >= 4 is 28.8 Å². The summed E-state index contributed by atoms with van der Waals surface area (Å²) in [5, 5.41) is 13.0. The summed E-state index contributed by atoms with van der Waals surface area (Å²) in [4.78, 5) is 28.3. The zero-order valence-electron chi connectivity index (χ0n) is 18.2. The molecule has 34 heavy (non-hydrogen) atoms. The van der Waals surface area contributed by atoms with Gasteiger partial charge in [-0.15, -0.1) is 11.3 Å². The monoisotopic (exact) mass is 479 g/mol. The molecule has 0 bridgehead atoms. The highest BCUT2D eigenvalue weighted by molar-refractivity contribution is 7.10. The summed E-state index contributed by atoms with van der Waals surface area (Å²) in [6.07, 6.45) is 0. The maximum atomic E-state index is 13.1. The van der Waals surface area contributed by atoms with Crippen LogP contribution in [0, 0.1) is 0 Å². The number of ketones is 1. The number of aliphatic hydroxyl groups excluding tert-OH is 1. The summed E-state index contributed by atoms with van der Waals surface area (Å²) in [5.41, 5.74) is 0.411. The first-order valence-corrected chi connectivity index (χ1v) is 11.4. The summed E-state index contributed by atoms with van der Waals surface area (Å²) < 4.78 is 21.6. The Labute approximate surface area is 199 Å². The van der Waals surface area contributed by atoms with E-state index in [2.05, 4.69) is 0 Å². The Balaban J connectivity index is 1.43. The van der Waals surface area contributed by atoms with Gasteiger partial charge in [-0.05, 0) is 53.9 Å². The zero-order chi connectivity index (χ0) is 23.7. The normalized spacial score (nSPS) is 18.4. The van der Waals surface area contributed by atoms with Gasteiger partial charge in [0.1, 0.15) is 23.9 Å². The van der Waals surface area contributed by atoms with Crippen LogP contribution in [0.1, 0.15) is 16.5 Å². The van der Waals surface area contributed by atoms with Gasteiger partial charge in [-0.25, -0.2) is 0 Å². The lowest BCUT2D eigenvalue weighted by molar-refractivity contribution is -0.140. The SMILES string of the molecule is COc1ccc(OCCN2C(=O)C(=O)/C(=C(\O)c3ccc4c(c3)OCO4)C2c2cccs2)cc1. The molecule has 3 aromatic rings. The molecule has 0 aliphatic carbocycles. The van der Waals surface area contributed by atoms with Crippen LogP contribution >= 0.6 is 11.3 Å². The fraction of sp³-hybridized carbons (Fsp3) is 0.200. The van der Waals surface area contributed by atoms with Gasteiger partial charge in [0.2, 0.25) is 6.79 Å². The highest BCUT2D eigenvalue weighted by Crippen LogP contribution is 2.42. The second-order valence-corrected chi connectivity index (χ2v) is 8.58. The van der Waals surface area contributed by atoms with Gasteiger partial charge in [0.15, 0.2) is 11.5 Å². The number of Topliss-reactive ketones (excluding diaryl/α,β-unsaturated/α-hetero) is 1. The van der Waals surface area contributed by atoms with E-state index in [4.69, 9.17) is 18.9 Å². The molecular formula is C25H21NO7S. The number of aliphatic hydroxyl groups is 1. The van der Waals surface area contributed by atoms with Crippen LogP contribution in [0.5, 0.6) is 23.0 Å². The highest BCUT2D eigenvalue weighted by Gasteiger charge is 2.46. The van der Waals surface area contributed by atoms with Crippen molar-refractivity contribution in [2.75, 3.05) is 27.1 Å². The van der Waals surface area contributed by atoms with Crippen LogP contribution in [0.25, 0.3) is 5.76 Å². The lowest BCUT2D eigenvalue weighted by Gasteiger charge is -2.24. The minimum absolute atomic E-state index is 0.0377. The van der Waals surface area contributed by atoms with E-state index >= 15 is 0 Å². The van der Waals surface area contributed by atoms with Crippen molar-refractivity contribution in [2.24, 2.45) is 0 Å². The van der Waals surface area contributed by atoms with Gasteiger partial charge in [-0.3, -0.25) is 9.59 Å². The Morgan fingerprint density at radius 2 is 1.85 bits per heavy atom. The van der Waals surface area contributed by atoms with Crippen molar-refractivity contribution in [3.05, 3.63) is 76.0 Å². The van der Waals surface area contributed by atoms with E-state index in [1.165, 1.54) is 16.2 Å². The van der Waals surface area contributed by atoms with E-state index in [1.54, 1.807) is 49.6 Å². The molecule has 1 atom stereocenters. The number of amides is 1. The van der Waals surface area contributed by atoms with E-state index < -0.39 is 17.7 Å². The molecule has 0 saturated carbocycles. The molecule has 1 aromatic heterocycles. The van der Waals surface area contributed by atoms with Gasteiger partial charge in [0, 0.05) is 10.4 Å². The highest BCUT2D eigenvalue weighted by atomic mass is 32.1. The summed E-state index contributed by atoms with van der Waals surface area (Å²) in [6.45, 7) is 0.426. The molecule has 2 aromatic carbocycles. The van der Waals surface area contributed by atoms with Crippen LogP contribution in [0.2, 0.25) is 0 Å². The Hall–Kier alpha value is -3.98. The molecule has 1 saturated heterocycles. The summed E-state index contributed by atoms with van der Waals surface area (Å²) in [6, 6.07) is 14.9. The standard InChI is InChI=1S/C25H21NO7S/c1-30-16-5-7-17(8-6-16)31-11-10-26-22(20-3-2-12-34-20)21(24(28)25(26)29)23(27)15-4-9-18-19(13-15)33-14-32-18/h2-9,12-13,22,27H,10-11,14H2,1H3/b23-21-. The third kappa shape index (κ3) is 3.94. The molecule has 174 valence electrons. The first kappa shape index (κ1) is 21.8. The Kier molecular flexibility index (Phi) is 5.85. The van der Waals surface area contributed by atoms with Crippen molar-refractivity contribution in [1.82, 2.24) is 4.90 Å². The Bertz CT molecular complexity index is 1250. The van der Waals surface area contributed by atoms with Gasteiger partial charge < -0.3 is 29.0 Å². The second-order valence-electron chi connectivity index (χ2n) is 7.60. The second kappa shape index (κ2) is 9.11. The Morgan fingerprint density at radius 3 is 2.59 bits per heavy atom. The predicted molar refractivity (Wildman–Crippen MR) is 124 cm³/mol. The number of rotatable bonds is 7. The van der Waals surface area contributed by atoms with E-state index in [9.17, 15) is 14.7 Å². The fourth-order valence-electron chi connectivity index (χ4n) is 3.99. The van der Waals surface area contributed by atoms with Crippen molar-refractivity contribution in [3.63, 3.8) is 0 Å². The summed E-state index contributed by atoms with van der Waals surface area (Å²) in [5.74, 6) is 0.677. The molecule has 1 amide bonds. The number of likely N-dealkylation sites (tertiary alicyclic amines) is 1. The van der Waals surface area contributed by atoms with E-state index in [0.29, 0.717) is 28.6 Å². The number of nitrogens with zero attached hydrogens (tertiary/aromatic N) is 1. The molecule has 1 unspecified atom stereocenters. The zero-order valence-corrected chi connectivity index (χ0v) is 19.0. The molecule has 1 N–H and O–H groups in total. The lowest BCUT2D eigenvalue weighted by atomic mass is 9.99. The average molecular weight is 480 g/mol. The number of benzene rings is 2. The van der Waals surface area contributed by atoms with Crippen LogP contribution in [0.3, 0.4) is 0 Å². The molecule has 2 aliphatic heterocycles. The van der Waals surface area contributed by atoms with Crippen molar-refractivity contribution in [3.8, 4) is 23.0 Å². The van der Waals surface area contributed by atoms with Crippen LogP contribution < -0.4 is 18.9 Å². The number of methoxy groups -OCH3 is 1. The van der Waals surface area contributed by atoms with Crippen molar-refractivity contribution in [1.29, 1.82) is 0 Å². The summed E-state index contributed by atoms with van der Waals surface area (Å²) >= 11 is 1.41. The van der Waals surface area contributed by atoms with Gasteiger partial charge in [0.25, 0.3) is 11.7 Å². The van der Waals surface area contributed by atoms with Gasteiger partial charge >= 0.3 is 0 Å². The quantitative estimate of drug-likeness (QED) is 0.311. The topological polar surface area (TPSA) is 94.5 Å². The first-order chi connectivity index (χ1) is 16.6. The summed E-state index contributed by atoms with van der Waals surface area (Å²) in [7, 11) is 1.58. The molecule has 5 rings (SSSR count). The van der Waals surface area contributed by atoms with Gasteiger partial charge in [-0.2, -0.15) is 0 Å². The van der Waals surface area contributed by atoms with E-state index in [-0.39, 0.29) is 31.3 Å². The molecule has 1 fully saturated rings. The molecule has 0 radical (unpaired) electrons. The lowest BCUT2D eigenvalue weighted by Crippen LogP contribution is -2.33. The third-order valence-electron chi connectivity index (χ3n) is 5.66. The maximum absolute atomic E-state index is 13.1. The number of carbonyl (C=O) groups is 2. The molecule has 0 spiro atoms. The smallest absolute Gasteiger partial charge is 0.295 e. The fourth-order valence-corrected chi connectivity index (χ4v) is 4.83. The van der Waals surface area contributed by atoms with Gasteiger partial charge in [0.05, 0.1) is 25.3 Å².